The van der Waals surface area contributed by atoms with Gasteiger partial charge in [-0.3, -0.25) is 9.59 Å². The van der Waals surface area contributed by atoms with Crippen molar-refractivity contribution in [2.45, 2.75) is 0 Å². The van der Waals surface area contributed by atoms with E-state index in [9.17, 15) is 14.4 Å². The molecule has 0 aliphatic carbocycles. The summed E-state index contributed by atoms with van der Waals surface area (Å²) >= 11 is 0. The van der Waals surface area contributed by atoms with Gasteiger partial charge in [-0.25, -0.2) is 4.79 Å². The van der Waals surface area contributed by atoms with E-state index in [0.29, 0.717) is 28.3 Å². The first-order valence-electron chi connectivity index (χ1n) is 8.66. The van der Waals surface area contributed by atoms with E-state index in [1.165, 1.54) is 31.4 Å². The maximum Gasteiger partial charge on any atom is 0.335 e. The number of carbonyl (C=O) groups is 3. The second-order valence-electron chi connectivity index (χ2n) is 6.10. The van der Waals surface area contributed by atoms with E-state index in [4.69, 9.17) is 9.84 Å². The number of anilines is 2. The van der Waals surface area contributed by atoms with Gasteiger partial charge in [0.2, 0.25) is 0 Å². The summed E-state index contributed by atoms with van der Waals surface area (Å²) in [7, 11) is 1.52. The molecule has 0 aromatic heterocycles. The zero-order chi connectivity index (χ0) is 20.8. The summed E-state index contributed by atoms with van der Waals surface area (Å²) in [6, 6.07) is 19.1. The van der Waals surface area contributed by atoms with Crippen LogP contribution in [-0.2, 0) is 0 Å². The fraction of sp³-hybridized carbons (Fsp3) is 0.0455. The van der Waals surface area contributed by atoms with Crippen molar-refractivity contribution in [2.24, 2.45) is 0 Å². The minimum atomic E-state index is -1.04. The number of carbonyl (C=O) groups excluding carboxylic acids is 2. The molecule has 0 saturated carbocycles. The molecule has 0 radical (unpaired) electrons. The molecule has 3 rings (SSSR count). The average molecular weight is 390 g/mol. The Morgan fingerprint density at radius 3 is 1.93 bits per heavy atom. The molecule has 0 atom stereocenters. The van der Waals surface area contributed by atoms with Crippen LogP contribution in [0.5, 0.6) is 5.75 Å². The molecule has 0 heterocycles. The van der Waals surface area contributed by atoms with Gasteiger partial charge in [0.05, 0.1) is 12.7 Å². The molecule has 0 aliphatic heterocycles. The first-order valence-corrected chi connectivity index (χ1v) is 8.66. The summed E-state index contributed by atoms with van der Waals surface area (Å²) in [5.74, 6) is -1.18. The fourth-order valence-electron chi connectivity index (χ4n) is 2.61. The number of hydrogen-bond acceptors (Lipinski definition) is 4. The second kappa shape index (κ2) is 8.71. The van der Waals surface area contributed by atoms with E-state index in [2.05, 4.69) is 10.6 Å². The van der Waals surface area contributed by atoms with Gasteiger partial charge in [-0.05, 0) is 60.7 Å². The molecule has 3 aromatic carbocycles. The lowest BCUT2D eigenvalue weighted by atomic mass is 10.1. The Hall–Kier alpha value is -4.13. The predicted octanol–water partition coefficient (Wildman–Crippen LogP) is 3.90. The number of ether oxygens (including phenoxy) is 1. The number of aromatic carboxylic acids is 1. The summed E-state index contributed by atoms with van der Waals surface area (Å²) < 4.78 is 5.12. The third-order valence-corrected chi connectivity index (χ3v) is 4.10. The van der Waals surface area contributed by atoms with E-state index in [0.717, 1.165) is 0 Å². The van der Waals surface area contributed by atoms with E-state index in [1.54, 1.807) is 48.5 Å². The third-order valence-electron chi connectivity index (χ3n) is 4.10. The van der Waals surface area contributed by atoms with Crippen LogP contribution >= 0.6 is 0 Å². The number of carboxylic acids is 1. The molecule has 3 N–H and O–H groups in total. The topological polar surface area (TPSA) is 105 Å². The molecule has 0 aliphatic rings. The Morgan fingerprint density at radius 2 is 1.31 bits per heavy atom. The van der Waals surface area contributed by atoms with Crippen LogP contribution in [-0.4, -0.2) is 30.0 Å². The van der Waals surface area contributed by atoms with E-state index in [1.807, 2.05) is 0 Å². The van der Waals surface area contributed by atoms with Crippen molar-refractivity contribution in [3.05, 3.63) is 89.5 Å². The van der Waals surface area contributed by atoms with Crippen molar-refractivity contribution < 1.29 is 24.2 Å². The van der Waals surface area contributed by atoms with E-state index < -0.39 is 5.97 Å². The molecular formula is C22H18N2O5. The van der Waals surface area contributed by atoms with Crippen LogP contribution in [0.3, 0.4) is 0 Å². The van der Waals surface area contributed by atoms with Crippen molar-refractivity contribution in [3.63, 3.8) is 0 Å². The molecule has 0 bridgehead atoms. The summed E-state index contributed by atoms with van der Waals surface area (Å²) in [5, 5.41) is 14.4. The van der Waals surface area contributed by atoms with E-state index >= 15 is 0 Å². The number of nitrogens with one attached hydrogen (secondary N) is 2. The van der Waals surface area contributed by atoms with Crippen LogP contribution in [0.1, 0.15) is 31.1 Å². The average Bonchev–Trinajstić information content (AvgIpc) is 2.74. The maximum absolute atomic E-state index is 12.5. The monoisotopic (exact) mass is 390 g/mol. The Labute approximate surface area is 166 Å². The lowest BCUT2D eigenvalue weighted by Gasteiger charge is -2.09. The van der Waals surface area contributed by atoms with Crippen LogP contribution in [0.2, 0.25) is 0 Å². The molecule has 7 heteroatoms. The first-order chi connectivity index (χ1) is 14.0. The van der Waals surface area contributed by atoms with Crippen LogP contribution < -0.4 is 15.4 Å². The number of methoxy groups -OCH3 is 1. The highest BCUT2D eigenvalue weighted by atomic mass is 16.5. The molecule has 0 unspecified atom stereocenters. The van der Waals surface area contributed by atoms with Gasteiger partial charge in [-0.2, -0.15) is 0 Å². The van der Waals surface area contributed by atoms with Gasteiger partial charge in [0.15, 0.2) is 0 Å². The van der Waals surface area contributed by atoms with Gasteiger partial charge in [0, 0.05) is 22.5 Å². The smallest absolute Gasteiger partial charge is 0.335 e. The highest BCUT2D eigenvalue weighted by molar-refractivity contribution is 6.07. The summed E-state index contributed by atoms with van der Waals surface area (Å²) in [6.45, 7) is 0. The molecule has 3 aromatic rings. The Bertz CT molecular complexity index is 1060. The van der Waals surface area contributed by atoms with Gasteiger partial charge in [-0.15, -0.1) is 0 Å². The van der Waals surface area contributed by atoms with Crippen molar-refractivity contribution in [2.75, 3.05) is 17.7 Å². The first kappa shape index (κ1) is 19.6. The molecule has 2 amide bonds. The number of amides is 2. The lowest BCUT2D eigenvalue weighted by Crippen LogP contribution is -2.14. The van der Waals surface area contributed by atoms with Crippen molar-refractivity contribution in [1.29, 1.82) is 0 Å². The Kier molecular flexibility index (Phi) is 5.89. The van der Waals surface area contributed by atoms with Gasteiger partial charge >= 0.3 is 5.97 Å². The predicted molar refractivity (Wildman–Crippen MR) is 109 cm³/mol. The van der Waals surface area contributed by atoms with Crippen LogP contribution in [0.25, 0.3) is 0 Å². The standard InChI is InChI=1S/C22H18N2O5/c1-29-19-7-3-5-16(13-19)21(26)24-18-6-2-4-15(12-18)20(25)23-17-10-8-14(9-11-17)22(27)28/h2-13H,1H3,(H,23,25)(H,24,26)(H,27,28). The van der Waals surface area contributed by atoms with Crippen molar-refractivity contribution in [3.8, 4) is 5.75 Å². The highest BCUT2D eigenvalue weighted by Crippen LogP contribution is 2.17. The largest absolute Gasteiger partial charge is 0.497 e. The SMILES string of the molecule is COc1cccc(C(=O)Nc2cccc(C(=O)Nc3ccc(C(=O)O)cc3)c2)c1. The molecule has 7 nitrogen and oxygen atoms in total. The summed E-state index contributed by atoms with van der Waals surface area (Å²) in [4.78, 5) is 35.8. The molecule has 0 spiro atoms. The highest BCUT2D eigenvalue weighted by Gasteiger charge is 2.11. The minimum absolute atomic E-state index is 0.130. The summed E-state index contributed by atoms with van der Waals surface area (Å²) in [5.41, 5.74) is 1.83. The van der Waals surface area contributed by atoms with Crippen LogP contribution in [0.15, 0.2) is 72.8 Å². The summed E-state index contributed by atoms with van der Waals surface area (Å²) in [6.07, 6.45) is 0. The minimum Gasteiger partial charge on any atom is -0.497 e. The number of rotatable bonds is 6. The van der Waals surface area contributed by atoms with Crippen LogP contribution in [0, 0.1) is 0 Å². The Balaban J connectivity index is 1.70. The second-order valence-corrected chi connectivity index (χ2v) is 6.10. The van der Waals surface area contributed by atoms with Gasteiger partial charge in [0.1, 0.15) is 5.75 Å². The van der Waals surface area contributed by atoms with E-state index in [-0.39, 0.29) is 17.4 Å². The maximum atomic E-state index is 12.5. The van der Waals surface area contributed by atoms with Crippen molar-refractivity contribution in [1.82, 2.24) is 0 Å². The third kappa shape index (κ3) is 4.98. The number of carboxylic acid groups (broad SMARTS) is 1. The molecular weight excluding hydrogens is 372 g/mol. The molecule has 29 heavy (non-hydrogen) atoms. The van der Waals surface area contributed by atoms with Crippen LogP contribution in [0.4, 0.5) is 11.4 Å². The molecule has 0 fully saturated rings. The quantitative estimate of drug-likeness (QED) is 0.592. The van der Waals surface area contributed by atoms with Gasteiger partial charge in [0.25, 0.3) is 11.8 Å². The van der Waals surface area contributed by atoms with Gasteiger partial charge in [-0.1, -0.05) is 12.1 Å². The number of hydrogen-bond donors (Lipinski definition) is 3. The normalized spacial score (nSPS) is 10.1. The Morgan fingerprint density at radius 1 is 0.724 bits per heavy atom. The molecule has 146 valence electrons. The van der Waals surface area contributed by atoms with Crippen molar-refractivity contribution >= 4 is 29.2 Å². The lowest BCUT2D eigenvalue weighted by molar-refractivity contribution is 0.0696. The zero-order valence-electron chi connectivity index (χ0n) is 15.5. The molecule has 0 saturated heterocycles. The zero-order valence-corrected chi connectivity index (χ0v) is 15.5. The number of benzene rings is 3. The fourth-order valence-corrected chi connectivity index (χ4v) is 2.61. The van der Waals surface area contributed by atoms with Gasteiger partial charge < -0.3 is 20.5 Å².